The minimum absolute atomic E-state index is 0.00664. The number of alkyl halides is 1. The second-order valence-corrected chi connectivity index (χ2v) is 5.47. The highest BCUT2D eigenvalue weighted by molar-refractivity contribution is 9.09. The summed E-state index contributed by atoms with van der Waals surface area (Å²) in [6.07, 6.45) is 1.14. The topological polar surface area (TPSA) is 66.4 Å². The van der Waals surface area contributed by atoms with Gasteiger partial charge in [0.15, 0.2) is 0 Å². The molecule has 5 heteroatoms. The number of hydrogen-bond donors (Lipinski definition) is 2. The lowest BCUT2D eigenvalue weighted by Crippen LogP contribution is -2.34. The molecule has 16 heavy (non-hydrogen) atoms. The number of carboxylic acid groups (broad SMARTS) is 1. The summed E-state index contributed by atoms with van der Waals surface area (Å²) in [5.41, 5.74) is 0. The summed E-state index contributed by atoms with van der Waals surface area (Å²) in [4.78, 5) is 22.1. The monoisotopic (exact) mass is 293 g/mol. The highest BCUT2D eigenvalue weighted by Crippen LogP contribution is 2.16. The molecular weight excluding hydrogens is 274 g/mol. The van der Waals surface area contributed by atoms with Crippen LogP contribution in [-0.4, -0.2) is 28.4 Å². The van der Waals surface area contributed by atoms with E-state index in [9.17, 15) is 9.59 Å². The maximum Gasteiger partial charge on any atom is 0.306 e. The summed E-state index contributed by atoms with van der Waals surface area (Å²) < 4.78 is 0. The minimum atomic E-state index is -0.776. The van der Waals surface area contributed by atoms with Crippen LogP contribution in [0.4, 0.5) is 0 Å². The van der Waals surface area contributed by atoms with Gasteiger partial charge >= 0.3 is 5.97 Å². The van der Waals surface area contributed by atoms with Crippen LogP contribution in [0, 0.1) is 11.8 Å². The van der Waals surface area contributed by atoms with Crippen LogP contribution in [0.15, 0.2) is 0 Å². The van der Waals surface area contributed by atoms with Crippen LogP contribution in [-0.2, 0) is 9.59 Å². The van der Waals surface area contributed by atoms with Crippen molar-refractivity contribution in [1.82, 2.24) is 5.32 Å². The summed E-state index contributed by atoms with van der Waals surface area (Å²) >= 11 is 3.39. The van der Waals surface area contributed by atoms with Crippen LogP contribution in [0.5, 0.6) is 0 Å². The first kappa shape index (κ1) is 15.4. The Kier molecular flexibility index (Phi) is 7.38. The zero-order valence-electron chi connectivity index (χ0n) is 10.00. The molecule has 0 saturated heterocycles. The molecule has 0 aliphatic heterocycles. The molecule has 0 heterocycles. The SMILES string of the molecule is CCC(CC(Br)CNC(=O)C(C)C)C(=O)O. The van der Waals surface area contributed by atoms with E-state index in [1.165, 1.54) is 0 Å². The van der Waals surface area contributed by atoms with Gasteiger partial charge in [-0.15, -0.1) is 0 Å². The van der Waals surface area contributed by atoms with E-state index in [0.717, 1.165) is 0 Å². The minimum Gasteiger partial charge on any atom is -0.481 e. The molecule has 0 aromatic carbocycles. The second kappa shape index (κ2) is 7.65. The van der Waals surface area contributed by atoms with Crippen molar-refractivity contribution in [3.05, 3.63) is 0 Å². The van der Waals surface area contributed by atoms with Gasteiger partial charge in [0.25, 0.3) is 0 Å². The standard InChI is InChI=1S/C11H20BrNO3/c1-4-8(11(15)16)5-9(12)6-13-10(14)7(2)3/h7-9H,4-6H2,1-3H3,(H,13,14)(H,15,16). The molecule has 0 fully saturated rings. The van der Waals surface area contributed by atoms with E-state index in [2.05, 4.69) is 21.2 Å². The molecule has 94 valence electrons. The predicted octanol–water partition coefficient (Wildman–Crippen LogP) is 2.02. The highest BCUT2D eigenvalue weighted by atomic mass is 79.9. The van der Waals surface area contributed by atoms with Crippen molar-refractivity contribution < 1.29 is 14.7 Å². The smallest absolute Gasteiger partial charge is 0.306 e. The first-order chi connectivity index (χ1) is 7.38. The van der Waals surface area contributed by atoms with Crippen LogP contribution in [0.2, 0.25) is 0 Å². The van der Waals surface area contributed by atoms with Gasteiger partial charge in [0.1, 0.15) is 0 Å². The van der Waals surface area contributed by atoms with Gasteiger partial charge in [-0.1, -0.05) is 36.7 Å². The number of rotatable bonds is 7. The van der Waals surface area contributed by atoms with Gasteiger partial charge in [-0.25, -0.2) is 0 Å². The predicted molar refractivity (Wildman–Crippen MR) is 66.6 cm³/mol. The number of carbonyl (C=O) groups excluding carboxylic acids is 1. The summed E-state index contributed by atoms with van der Waals surface area (Å²) in [7, 11) is 0. The van der Waals surface area contributed by atoms with Crippen LogP contribution < -0.4 is 5.32 Å². The van der Waals surface area contributed by atoms with Gasteiger partial charge in [0, 0.05) is 17.3 Å². The zero-order valence-corrected chi connectivity index (χ0v) is 11.6. The lowest BCUT2D eigenvalue weighted by molar-refractivity contribution is -0.142. The molecule has 0 aliphatic rings. The quantitative estimate of drug-likeness (QED) is 0.706. The van der Waals surface area contributed by atoms with Crippen LogP contribution >= 0.6 is 15.9 Å². The molecule has 2 atom stereocenters. The molecule has 0 aromatic heterocycles. The van der Waals surface area contributed by atoms with Crippen molar-refractivity contribution in [2.45, 2.75) is 38.4 Å². The van der Waals surface area contributed by atoms with E-state index >= 15 is 0 Å². The Balaban J connectivity index is 3.94. The average Bonchev–Trinajstić information content (AvgIpc) is 2.21. The number of amides is 1. The van der Waals surface area contributed by atoms with Gasteiger partial charge in [-0.2, -0.15) is 0 Å². The zero-order chi connectivity index (χ0) is 12.7. The largest absolute Gasteiger partial charge is 0.481 e. The molecule has 0 rings (SSSR count). The molecule has 0 bridgehead atoms. The van der Waals surface area contributed by atoms with E-state index in [4.69, 9.17) is 5.11 Å². The molecule has 0 saturated carbocycles. The van der Waals surface area contributed by atoms with E-state index < -0.39 is 5.97 Å². The normalized spacial score (nSPS) is 14.6. The van der Waals surface area contributed by atoms with Gasteiger partial charge in [-0.05, 0) is 12.8 Å². The summed E-state index contributed by atoms with van der Waals surface area (Å²) in [5.74, 6) is -1.17. The Bertz CT molecular complexity index is 243. The number of carboxylic acids is 1. The Morgan fingerprint density at radius 3 is 2.31 bits per heavy atom. The molecule has 2 unspecified atom stereocenters. The average molecular weight is 294 g/mol. The molecule has 2 N–H and O–H groups in total. The third-order valence-electron chi connectivity index (χ3n) is 2.40. The van der Waals surface area contributed by atoms with Crippen molar-refractivity contribution in [1.29, 1.82) is 0 Å². The van der Waals surface area contributed by atoms with Gasteiger partial charge in [-0.3, -0.25) is 9.59 Å². The third kappa shape index (κ3) is 6.10. The van der Waals surface area contributed by atoms with E-state index in [1.807, 2.05) is 20.8 Å². The third-order valence-corrected chi connectivity index (χ3v) is 3.10. The Labute approximate surface area is 105 Å². The number of nitrogens with one attached hydrogen (secondary N) is 1. The summed E-state index contributed by atoms with van der Waals surface area (Å²) in [6, 6.07) is 0. The van der Waals surface area contributed by atoms with E-state index in [-0.39, 0.29) is 22.6 Å². The Hall–Kier alpha value is -0.580. The molecular formula is C11H20BrNO3. The number of carbonyl (C=O) groups is 2. The van der Waals surface area contributed by atoms with E-state index in [1.54, 1.807) is 0 Å². The van der Waals surface area contributed by atoms with Crippen molar-refractivity contribution in [3.8, 4) is 0 Å². The van der Waals surface area contributed by atoms with Crippen molar-refractivity contribution in [2.75, 3.05) is 6.54 Å². The molecule has 0 aromatic rings. The Morgan fingerprint density at radius 2 is 1.94 bits per heavy atom. The highest BCUT2D eigenvalue weighted by Gasteiger charge is 2.19. The summed E-state index contributed by atoms with van der Waals surface area (Å²) in [6.45, 7) is 5.97. The first-order valence-corrected chi connectivity index (χ1v) is 6.44. The molecule has 0 radical (unpaired) electrons. The van der Waals surface area contributed by atoms with Crippen LogP contribution in [0.1, 0.15) is 33.6 Å². The molecule has 0 aliphatic carbocycles. The molecule has 1 amide bonds. The van der Waals surface area contributed by atoms with Gasteiger partial charge in [0.05, 0.1) is 5.92 Å². The van der Waals surface area contributed by atoms with Crippen molar-refractivity contribution in [2.24, 2.45) is 11.8 Å². The second-order valence-electron chi connectivity index (χ2n) is 4.18. The lowest BCUT2D eigenvalue weighted by atomic mass is 10.0. The lowest BCUT2D eigenvalue weighted by Gasteiger charge is -2.16. The fraction of sp³-hybridized carbons (Fsp3) is 0.818. The fourth-order valence-corrected chi connectivity index (χ4v) is 1.86. The fourth-order valence-electron chi connectivity index (χ4n) is 1.25. The van der Waals surface area contributed by atoms with Crippen molar-refractivity contribution >= 4 is 27.8 Å². The van der Waals surface area contributed by atoms with Crippen LogP contribution in [0.25, 0.3) is 0 Å². The van der Waals surface area contributed by atoms with Crippen LogP contribution in [0.3, 0.4) is 0 Å². The number of hydrogen-bond acceptors (Lipinski definition) is 2. The van der Waals surface area contributed by atoms with E-state index in [0.29, 0.717) is 19.4 Å². The Morgan fingerprint density at radius 1 is 1.38 bits per heavy atom. The number of halogens is 1. The first-order valence-electron chi connectivity index (χ1n) is 5.53. The summed E-state index contributed by atoms with van der Waals surface area (Å²) in [5, 5.41) is 11.7. The number of aliphatic carboxylic acids is 1. The molecule has 4 nitrogen and oxygen atoms in total. The van der Waals surface area contributed by atoms with Gasteiger partial charge < -0.3 is 10.4 Å². The van der Waals surface area contributed by atoms with Crippen molar-refractivity contribution in [3.63, 3.8) is 0 Å². The maximum atomic E-state index is 11.3. The van der Waals surface area contributed by atoms with Gasteiger partial charge in [0.2, 0.25) is 5.91 Å². The molecule has 0 spiro atoms. The maximum absolute atomic E-state index is 11.3.